The lowest BCUT2D eigenvalue weighted by molar-refractivity contribution is -0.144. The van der Waals surface area contributed by atoms with Crippen LogP contribution in [0.25, 0.3) is 11.1 Å². The highest BCUT2D eigenvalue weighted by Crippen LogP contribution is 2.37. The van der Waals surface area contributed by atoms with Gasteiger partial charge in [-0.05, 0) is 85.3 Å². The number of carboxylic acid groups (broad SMARTS) is 2. The molecule has 16 nitrogen and oxygen atoms in total. The third kappa shape index (κ3) is 15.1. The van der Waals surface area contributed by atoms with Gasteiger partial charge in [-0.15, -0.1) is 0 Å². The van der Waals surface area contributed by atoms with Crippen LogP contribution in [0.2, 0.25) is 10.0 Å². The number of rotatable bonds is 27. The molecule has 4 N–H and O–H groups in total. The fourth-order valence-corrected chi connectivity index (χ4v) is 8.53. The van der Waals surface area contributed by atoms with Gasteiger partial charge in [0.05, 0.1) is 22.3 Å². The van der Waals surface area contributed by atoms with Gasteiger partial charge in [0.25, 0.3) is 0 Å². The Hall–Kier alpha value is -6.92. The van der Waals surface area contributed by atoms with Crippen molar-refractivity contribution in [2.45, 2.75) is 91.5 Å². The van der Waals surface area contributed by atoms with Crippen molar-refractivity contribution >= 4 is 47.6 Å². The number of aliphatic carboxylic acids is 2. The van der Waals surface area contributed by atoms with E-state index in [0.717, 1.165) is 55.6 Å². The number of nitrogens with zero attached hydrogens (tertiary/aromatic N) is 4. The summed E-state index contributed by atoms with van der Waals surface area (Å²) >= 11 is 13.8. The first-order valence-electron chi connectivity index (χ1n) is 23.7. The molecule has 390 valence electrons. The molecule has 0 unspecified atom stereocenters. The SMILES string of the molecule is C/N=C\c1cncc(COc2cc(OCc3cccc(-c4cccc(COc5cc(OCc6cncc(/C=N/C)c6)c(CN[C@H](C(=O)O)[C@@H](C)OC)cc5Cl)c4C)c3C)c(Cl)cc2CN[C@H](C(=O)O)[C@@H](C)OC)c1. The first-order chi connectivity index (χ1) is 35.6. The Morgan fingerprint density at radius 2 is 0.973 bits per heavy atom. The Bertz CT molecular complexity index is 2760. The largest absolute Gasteiger partial charge is 0.488 e. The Kier molecular flexibility index (Phi) is 20.9. The summed E-state index contributed by atoms with van der Waals surface area (Å²) in [5.74, 6) is -0.456. The maximum absolute atomic E-state index is 12.1. The summed E-state index contributed by atoms with van der Waals surface area (Å²) in [5.41, 5.74) is 10.3. The highest BCUT2D eigenvalue weighted by Gasteiger charge is 2.27. The Labute approximate surface area is 441 Å². The predicted octanol–water partition coefficient (Wildman–Crippen LogP) is 9.64. The molecule has 0 saturated heterocycles. The molecule has 0 aliphatic heterocycles. The van der Waals surface area contributed by atoms with Crippen molar-refractivity contribution < 1.29 is 48.2 Å². The van der Waals surface area contributed by atoms with Gasteiger partial charge < -0.3 is 38.6 Å². The number of ether oxygens (including phenoxy) is 6. The zero-order valence-corrected chi connectivity index (χ0v) is 44.2. The van der Waals surface area contributed by atoms with Crippen LogP contribution >= 0.6 is 23.2 Å². The highest BCUT2D eigenvalue weighted by atomic mass is 35.5. The molecule has 0 radical (unpaired) electrons. The first-order valence-corrected chi connectivity index (χ1v) is 24.4. The van der Waals surface area contributed by atoms with E-state index in [-0.39, 0.29) is 39.5 Å². The van der Waals surface area contributed by atoms with Gasteiger partial charge in [-0.3, -0.25) is 40.2 Å². The van der Waals surface area contributed by atoms with Crippen LogP contribution in [0.3, 0.4) is 0 Å². The van der Waals surface area contributed by atoms with Crippen LogP contribution in [-0.4, -0.2) is 97.2 Å². The molecule has 0 spiro atoms. The van der Waals surface area contributed by atoms with Crippen molar-refractivity contribution in [2.24, 2.45) is 9.98 Å². The summed E-state index contributed by atoms with van der Waals surface area (Å²) in [5, 5.41) is 26.6. The van der Waals surface area contributed by atoms with Crippen LogP contribution in [0.5, 0.6) is 23.0 Å². The summed E-state index contributed by atoms with van der Waals surface area (Å²) in [6.07, 6.45) is 9.01. The van der Waals surface area contributed by atoms with E-state index in [0.29, 0.717) is 44.2 Å². The van der Waals surface area contributed by atoms with Crippen molar-refractivity contribution in [1.82, 2.24) is 20.6 Å². The first kappa shape index (κ1) is 56.4. The van der Waals surface area contributed by atoms with Gasteiger partial charge in [-0.1, -0.05) is 59.6 Å². The number of carboxylic acids is 2. The number of hydrogen-bond acceptors (Lipinski definition) is 14. The summed E-state index contributed by atoms with van der Waals surface area (Å²) in [6.45, 7) is 8.37. The fraction of sp³-hybridized carbons (Fsp3) is 0.321. The molecule has 2 aromatic heterocycles. The van der Waals surface area contributed by atoms with Gasteiger partial charge in [-0.2, -0.15) is 0 Å². The van der Waals surface area contributed by atoms with Crippen molar-refractivity contribution in [1.29, 1.82) is 0 Å². The normalized spacial score (nSPS) is 13.2. The third-order valence-electron chi connectivity index (χ3n) is 12.4. The van der Waals surface area contributed by atoms with E-state index in [1.54, 1.807) is 89.4 Å². The predicted molar refractivity (Wildman–Crippen MR) is 287 cm³/mol. The number of nitrogens with one attached hydrogen (secondary N) is 2. The van der Waals surface area contributed by atoms with E-state index in [9.17, 15) is 19.8 Å². The van der Waals surface area contributed by atoms with Gasteiger partial charge in [0.2, 0.25) is 0 Å². The van der Waals surface area contributed by atoms with Gasteiger partial charge in [-0.25, -0.2) is 0 Å². The minimum absolute atomic E-state index is 0.118. The molecule has 0 saturated carbocycles. The van der Waals surface area contributed by atoms with Crippen molar-refractivity contribution in [2.75, 3.05) is 28.3 Å². The highest BCUT2D eigenvalue weighted by molar-refractivity contribution is 6.32. The molecular formula is C56H62Cl2N6O10. The number of carbonyl (C=O) groups is 2. The number of halogens is 2. The summed E-state index contributed by atoms with van der Waals surface area (Å²) in [6, 6.07) is 20.8. The van der Waals surface area contributed by atoms with Gasteiger partial charge in [0, 0.05) is 124 Å². The van der Waals surface area contributed by atoms with Gasteiger partial charge >= 0.3 is 11.9 Å². The minimum atomic E-state index is -1.05. The van der Waals surface area contributed by atoms with Crippen molar-refractivity contribution in [3.63, 3.8) is 0 Å². The van der Waals surface area contributed by atoms with Crippen molar-refractivity contribution in [3.05, 3.63) is 163 Å². The second kappa shape index (κ2) is 27.4. The zero-order chi connectivity index (χ0) is 53.3. The van der Waals surface area contributed by atoms with E-state index in [2.05, 4.69) is 42.7 Å². The molecule has 74 heavy (non-hydrogen) atoms. The molecule has 6 rings (SSSR count). The second-order valence-electron chi connectivity index (χ2n) is 17.4. The number of methoxy groups -OCH3 is 2. The van der Waals surface area contributed by atoms with Crippen LogP contribution < -0.4 is 29.6 Å². The Morgan fingerprint density at radius 3 is 1.34 bits per heavy atom. The lowest BCUT2D eigenvalue weighted by atomic mass is 9.92. The third-order valence-corrected chi connectivity index (χ3v) is 13.0. The molecule has 18 heteroatoms. The average Bonchev–Trinajstić information content (AvgIpc) is 3.38. The number of aromatic nitrogens is 2. The standard InChI is InChI=1S/C56H62Cl2N6O10/c1-33-41(31-73-51-19-49(71-29-39-15-37(21-59-5)23-61-25-39)43(17-47(51)57)27-63-53(55(65)66)35(3)69-7)11-9-13-45(33)46-14-10-12-42(34(46)2)32-74-52-20-50(72-30-40-16-38(22-60-6)24-62-26-40)44(18-48(52)58)28-64-54(56(67)68)36(4)70-8/h9-26,35-36,53-54,63-64H,27-32H2,1-8H3,(H,65,66)(H,67,68)/b59-21-,60-22+/t35-,36-,53+,54+/m1/s1. The molecule has 0 aliphatic rings. The van der Waals surface area contributed by atoms with Gasteiger partial charge in [0.15, 0.2) is 0 Å². The average molecular weight is 1050 g/mol. The smallest absolute Gasteiger partial charge is 0.323 e. The number of hydrogen-bond donors (Lipinski definition) is 4. The quantitative estimate of drug-likeness (QED) is 0.0355. The summed E-state index contributed by atoms with van der Waals surface area (Å²) in [7, 11) is 6.29. The van der Waals surface area contributed by atoms with E-state index in [1.807, 2.05) is 50.2 Å². The van der Waals surface area contributed by atoms with Crippen LogP contribution in [0, 0.1) is 13.8 Å². The molecular weight excluding hydrogens is 988 g/mol. The maximum Gasteiger partial charge on any atom is 0.323 e. The number of benzene rings is 4. The minimum Gasteiger partial charge on any atom is -0.488 e. The molecule has 2 heterocycles. The molecule has 0 fully saturated rings. The lowest BCUT2D eigenvalue weighted by Crippen LogP contribution is -2.45. The van der Waals surface area contributed by atoms with Gasteiger partial charge in [0.1, 0.15) is 61.5 Å². The van der Waals surface area contributed by atoms with Crippen molar-refractivity contribution in [3.8, 4) is 34.1 Å². The summed E-state index contributed by atoms with van der Waals surface area (Å²) in [4.78, 5) is 41.0. The molecule has 6 aromatic rings. The lowest BCUT2D eigenvalue weighted by Gasteiger charge is -2.22. The monoisotopic (exact) mass is 1050 g/mol. The van der Waals surface area contributed by atoms with E-state index in [4.69, 9.17) is 51.6 Å². The molecule has 4 aromatic carbocycles. The topological polar surface area (TPSA) is 205 Å². The molecule has 0 aliphatic carbocycles. The van der Waals surface area contributed by atoms with E-state index >= 15 is 0 Å². The molecule has 4 atom stereocenters. The van der Waals surface area contributed by atoms with Crippen LogP contribution in [0.1, 0.15) is 69.5 Å². The van der Waals surface area contributed by atoms with E-state index in [1.165, 1.54) is 14.2 Å². The Morgan fingerprint density at radius 1 is 0.581 bits per heavy atom. The fourth-order valence-electron chi connectivity index (χ4n) is 8.05. The Balaban J connectivity index is 1.22. The molecule has 0 bridgehead atoms. The number of aliphatic imine (C=N–C) groups is 2. The van der Waals surface area contributed by atoms with Crippen LogP contribution in [0.15, 0.2) is 108 Å². The maximum atomic E-state index is 12.1. The number of pyridine rings is 2. The summed E-state index contributed by atoms with van der Waals surface area (Å²) < 4.78 is 36.2. The second-order valence-corrected chi connectivity index (χ2v) is 18.2. The van der Waals surface area contributed by atoms with Crippen LogP contribution in [-0.2, 0) is 58.6 Å². The molecule has 0 amide bonds. The van der Waals surface area contributed by atoms with E-state index < -0.39 is 36.2 Å². The zero-order valence-electron chi connectivity index (χ0n) is 42.6. The van der Waals surface area contributed by atoms with Crippen LogP contribution in [0.4, 0.5) is 0 Å².